The van der Waals surface area contributed by atoms with E-state index in [0.29, 0.717) is 13.2 Å². The van der Waals surface area contributed by atoms with E-state index in [0.717, 1.165) is 18.2 Å². The Labute approximate surface area is 112 Å². The second-order valence-corrected chi connectivity index (χ2v) is 4.84. The molecule has 1 aliphatic heterocycles. The third-order valence-electron chi connectivity index (χ3n) is 3.77. The van der Waals surface area contributed by atoms with Gasteiger partial charge in [0.2, 0.25) is 0 Å². The van der Waals surface area contributed by atoms with Crippen molar-refractivity contribution < 1.29 is 14.6 Å². The van der Waals surface area contributed by atoms with Crippen LogP contribution >= 0.6 is 0 Å². The molecule has 106 valence electrons. The molecular formula is C12H20N4O3. The number of hydrogen-bond donors (Lipinski definition) is 1. The Morgan fingerprint density at radius 3 is 2.79 bits per heavy atom. The van der Waals surface area contributed by atoms with Crippen molar-refractivity contribution in [2.45, 2.75) is 26.4 Å². The van der Waals surface area contributed by atoms with E-state index in [1.807, 2.05) is 25.5 Å². The maximum absolute atomic E-state index is 11.2. The van der Waals surface area contributed by atoms with Crippen LogP contribution in [0.5, 0.6) is 0 Å². The highest BCUT2D eigenvalue weighted by molar-refractivity contribution is 5.71. The summed E-state index contributed by atoms with van der Waals surface area (Å²) in [7, 11) is 1.92. The van der Waals surface area contributed by atoms with Crippen LogP contribution in [0, 0.1) is 12.8 Å². The van der Waals surface area contributed by atoms with Crippen LogP contribution < -0.4 is 0 Å². The number of aryl methyl sites for hydroxylation is 1. The second kappa shape index (κ2) is 5.66. The first-order valence-electron chi connectivity index (χ1n) is 6.44. The molecule has 2 atom stereocenters. The van der Waals surface area contributed by atoms with E-state index >= 15 is 0 Å². The summed E-state index contributed by atoms with van der Waals surface area (Å²) < 4.78 is 7.25. The fourth-order valence-electron chi connectivity index (χ4n) is 2.37. The molecule has 0 amide bonds. The molecule has 1 aromatic heterocycles. The molecule has 2 rings (SSSR count). The molecule has 7 nitrogen and oxygen atoms in total. The highest BCUT2D eigenvalue weighted by Crippen LogP contribution is 2.21. The number of ether oxygens (including phenoxy) is 1. The number of carboxylic acid groups (broad SMARTS) is 1. The standard InChI is InChI=1S/C12H20N4O3/c1-4-16(5-11-14-13-8(2)15(11)3)10-7-19-6-9(10)12(17)18/h9-10H,4-7H2,1-3H3,(H,17,18). The van der Waals surface area contributed by atoms with Gasteiger partial charge in [0.15, 0.2) is 0 Å². The zero-order valence-electron chi connectivity index (χ0n) is 11.5. The first kappa shape index (κ1) is 14.0. The van der Waals surface area contributed by atoms with Gasteiger partial charge in [-0.15, -0.1) is 10.2 Å². The summed E-state index contributed by atoms with van der Waals surface area (Å²) >= 11 is 0. The molecule has 0 bridgehead atoms. The predicted molar refractivity (Wildman–Crippen MR) is 67.6 cm³/mol. The minimum Gasteiger partial charge on any atom is -0.481 e. The highest BCUT2D eigenvalue weighted by atomic mass is 16.5. The van der Waals surface area contributed by atoms with Crippen LogP contribution in [0.1, 0.15) is 18.6 Å². The van der Waals surface area contributed by atoms with Crippen LogP contribution in [0.2, 0.25) is 0 Å². The van der Waals surface area contributed by atoms with Gasteiger partial charge in [0.05, 0.1) is 25.7 Å². The number of aromatic nitrogens is 3. The number of likely N-dealkylation sites (N-methyl/N-ethyl adjacent to an activating group) is 1. The van der Waals surface area contributed by atoms with Crippen molar-refractivity contribution in [2.24, 2.45) is 13.0 Å². The van der Waals surface area contributed by atoms with E-state index in [2.05, 4.69) is 15.1 Å². The summed E-state index contributed by atoms with van der Waals surface area (Å²) in [6.45, 7) is 6.00. The van der Waals surface area contributed by atoms with Crippen LogP contribution in [0.15, 0.2) is 0 Å². The predicted octanol–water partition coefficient (Wildman–Crippen LogP) is 0.0450. The SMILES string of the molecule is CCN(Cc1nnc(C)n1C)C1COCC1C(=O)O. The van der Waals surface area contributed by atoms with Crippen LogP contribution in [0.3, 0.4) is 0 Å². The van der Waals surface area contributed by atoms with Crippen molar-refractivity contribution in [1.82, 2.24) is 19.7 Å². The van der Waals surface area contributed by atoms with Gasteiger partial charge in [-0.1, -0.05) is 6.92 Å². The first-order chi connectivity index (χ1) is 9.04. The van der Waals surface area contributed by atoms with E-state index in [1.165, 1.54) is 0 Å². The van der Waals surface area contributed by atoms with Crippen molar-refractivity contribution in [3.63, 3.8) is 0 Å². The lowest BCUT2D eigenvalue weighted by Gasteiger charge is -2.28. The number of carbonyl (C=O) groups is 1. The zero-order valence-corrected chi connectivity index (χ0v) is 11.5. The molecule has 7 heteroatoms. The summed E-state index contributed by atoms with van der Waals surface area (Å²) in [5.74, 6) is 0.434. The largest absolute Gasteiger partial charge is 0.481 e. The van der Waals surface area contributed by atoms with E-state index in [-0.39, 0.29) is 12.6 Å². The molecular weight excluding hydrogens is 248 g/mol. The van der Waals surface area contributed by atoms with E-state index in [4.69, 9.17) is 4.74 Å². The molecule has 2 heterocycles. The van der Waals surface area contributed by atoms with Crippen molar-refractivity contribution in [3.05, 3.63) is 11.6 Å². The lowest BCUT2D eigenvalue weighted by Crippen LogP contribution is -2.43. The molecule has 0 aromatic carbocycles. The lowest BCUT2D eigenvalue weighted by atomic mass is 10.0. The van der Waals surface area contributed by atoms with E-state index < -0.39 is 11.9 Å². The van der Waals surface area contributed by atoms with Crippen LogP contribution in [0.25, 0.3) is 0 Å². The van der Waals surface area contributed by atoms with Crippen molar-refractivity contribution >= 4 is 5.97 Å². The van der Waals surface area contributed by atoms with E-state index in [1.54, 1.807) is 0 Å². The molecule has 0 aliphatic carbocycles. The van der Waals surface area contributed by atoms with Crippen LogP contribution in [-0.2, 0) is 23.1 Å². The summed E-state index contributed by atoms with van der Waals surface area (Å²) in [6, 6.07) is -0.0977. The molecule has 1 aliphatic rings. The maximum Gasteiger partial charge on any atom is 0.310 e. The van der Waals surface area contributed by atoms with Gasteiger partial charge in [-0.2, -0.15) is 0 Å². The smallest absolute Gasteiger partial charge is 0.310 e. The maximum atomic E-state index is 11.2. The average Bonchev–Trinajstić information content (AvgIpc) is 2.97. The van der Waals surface area contributed by atoms with Crippen molar-refractivity contribution in [3.8, 4) is 0 Å². The minimum absolute atomic E-state index is 0.0977. The van der Waals surface area contributed by atoms with Crippen molar-refractivity contribution in [2.75, 3.05) is 19.8 Å². The monoisotopic (exact) mass is 268 g/mol. The summed E-state index contributed by atoms with van der Waals surface area (Å²) in [5, 5.41) is 17.4. The minimum atomic E-state index is -0.796. The number of rotatable bonds is 5. The molecule has 0 saturated carbocycles. The van der Waals surface area contributed by atoms with Gasteiger partial charge in [0.25, 0.3) is 0 Å². The highest BCUT2D eigenvalue weighted by Gasteiger charge is 2.37. The quantitative estimate of drug-likeness (QED) is 0.812. The van der Waals surface area contributed by atoms with Crippen LogP contribution in [-0.4, -0.2) is 56.5 Å². The fourth-order valence-corrected chi connectivity index (χ4v) is 2.37. The third-order valence-corrected chi connectivity index (χ3v) is 3.77. The first-order valence-corrected chi connectivity index (χ1v) is 6.44. The zero-order chi connectivity index (χ0) is 14.0. The van der Waals surface area contributed by atoms with Crippen LogP contribution in [0.4, 0.5) is 0 Å². The summed E-state index contributed by atoms with van der Waals surface area (Å²) in [4.78, 5) is 13.3. The Kier molecular flexibility index (Phi) is 4.16. The van der Waals surface area contributed by atoms with E-state index in [9.17, 15) is 9.90 Å². The fraction of sp³-hybridized carbons (Fsp3) is 0.750. The Hall–Kier alpha value is -1.47. The summed E-state index contributed by atoms with van der Waals surface area (Å²) in [6.07, 6.45) is 0. The van der Waals surface area contributed by atoms with Gasteiger partial charge in [-0.25, -0.2) is 0 Å². The number of aliphatic carboxylic acids is 1. The molecule has 1 saturated heterocycles. The second-order valence-electron chi connectivity index (χ2n) is 4.84. The van der Waals surface area contributed by atoms with Gasteiger partial charge in [0, 0.05) is 13.1 Å². The summed E-state index contributed by atoms with van der Waals surface area (Å²) in [5.41, 5.74) is 0. The lowest BCUT2D eigenvalue weighted by molar-refractivity contribution is -0.143. The Bertz CT molecular complexity index is 460. The number of nitrogens with zero attached hydrogens (tertiary/aromatic N) is 4. The normalized spacial score (nSPS) is 23.2. The Balaban J connectivity index is 2.12. The van der Waals surface area contributed by atoms with Gasteiger partial charge < -0.3 is 14.4 Å². The molecule has 2 unspecified atom stereocenters. The Morgan fingerprint density at radius 2 is 2.26 bits per heavy atom. The molecule has 1 fully saturated rings. The molecule has 19 heavy (non-hydrogen) atoms. The number of hydrogen-bond acceptors (Lipinski definition) is 5. The molecule has 0 radical (unpaired) electrons. The van der Waals surface area contributed by atoms with Gasteiger partial charge in [0.1, 0.15) is 11.6 Å². The van der Waals surface area contributed by atoms with Gasteiger partial charge in [-0.05, 0) is 13.5 Å². The average molecular weight is 268 g/mol. The Morgan fingerprint density at radius 1 is 1.53 bits per heavy atom. The van der Waals surface area contributed by atoms with Crippen molar-refractivity contribution in [1.29, 1.82) is 0 Å². The van der Waals surface area contributed by atoms with Gasteiger partial charge in [-0.3, -0.25) is 9.69 Å². The molecule has 0 spiro atoms. The molecule has 1 aromatic rings. The van der Waals surface area contributed by atoms with Gasteiger partial charge >= 0.3 is 5.97 Å². The number of carboxylic acids is 1. The third kappa shape index (κ3) is 2.76. The topological polar surface area (TPSA) is 80.5 Å². The molecule has 1 N–H and O–H groups in total.